The highest BCUT2D eigenvalue weighted by atomic mass is 35.5. The molecule has 0 aromatic carbocycles. The summed E-state index contributed by atoms with van der Waals surface area (Å²) in [6.45, 7) is 6.24. The average molecular weight is 353 g/mol. The van der Waals surface area contributed by atoms with Crippen LogP contribution >= 0.6 is 12.4 Å². The van der Waals surface area contributed by atoms with Gasteiger partial charge in [0.1, 0.15) is 0 Å². The minimum atomic E-state index is -0.456. The minimum absolute atomic E-state index is 0. The number of fused-ring (bicyclic) bond motifs is 1. The molecule has 1 aliphatic carbocycles. The van der Waals surface area contributed by atoms with Crippen LogP contribution < -0.4 is 11.1 Å². The maximum atomic E-state index is 12.7. The molecular weight excluding hydrogens is 328 g/mol. The summed E-state index contributed by atoms with van der Waals surface area (Å²) in [5, 5.41) is 7.77. The van der Waals surface area contributed by atoms with Crippen LogP contribution in [0, 0.1) is 0 Å². The number of amides is 1. The smallest absolute Gasteiger partial charge is 0.259 e. The first kappa shape index (κ1) is 18.7. The van der Waals surface area contributed by atoms with E-state index in [0.717, 1.165) is 42.5 Å². The van der Waals surface area contributed by atoms with E-state index in [1.807, 2.05) is 19.9 Å². The Bertz CT molecular complexity index is 732. The molecule has 1 saturated carbocycles. The van der Waals surface area contributed by atoms with Crippen molar-refractivity contribution >= 4 is 29.4 Å². The van der Waals surface area contributed by atoms with Crippen LogP contribution in [0.1, 0.15) is 67.7 Å². The lowest BCUT2D eigenvalue weighted by Gasteiger charge is -2.19. The van der Waals surface area contributed by atoms with E-state index < -0.39 is 5.54 Å². The van der Waals surface area contributed by atoms with Gasteiger partial charge < -0.3 is 15.6 Å². The molecule has 0 aliphatic heterocycles. The molecule has 3 rings (SSSR count). The van der Waals surface area contributed by atoms with Crippen LogP contribution in [0.2, 0.25) is 0 Å². The molecule has 1 amide bonds. The van der Waals surface area contributed by atoms with E-state index in [1.54, 1.807) is 0 Å². The minimum Gasteiger partial charge on any atom is -0.350 e. The van der Waals surface area contributed by atoms with Crippen molar-refractivity contribution in [1.29, 1.82) is 0 Å². The standard InChI is InChI=1S/C17H24N4O2.ClH/c1-4-5-12-14-11(15(22)19-9-17(2,3)18)8-13(10-6-7-10)20-16(14)23-21-12;/h8,10H,4-7,9,18H2,1-3H3,(H,19,22);1H. The molecule has 3 N–H and O–H groups in total. The van der Waals surface area contributed by atoms with Gasteiger partial charge in [-0.25, -0.2) is 4.98 Å². The van der Waals surface area contributed by atoms with E-state index in [0.29, 0.717) is 23.7 Å². The van der Waals surface area contributed by atoms with Crippen molar-refractivity contribution in [2.75, 3.05) is 6.54 Å². The average Bonchev–Trinajstić information content (AvgIpc) is 3.26. The topological polar surface area (TPSA) is 94.0 Å². The molecular formula is C17H25ClN4O2. The number of hydrogen-bond acceptors (Lipinski definition) is 5. The Labute approximate surface area is 148 Å². The van der Waals surface area contributed by atoms with Crippen molar-refractivity contribution in [2.24, 2.45) is 5.73 Å². The van der Waals surface area contributed by atoms with Gasteiger partial charge in [0, 0.05) is 23.7 Å². The first-order valence-electron chi connectivity index (χ1n) is 8.25. The number of halogens is 1. The molecule has 0 spiro atoms. The molecule has 0 unspecified atom stereocenters. The molecule has 0 atom stereocenters. The van der Waals surface area contributed by atoms with Crippen LogP contribution in [-0.2, 0) is 6.42 Å². The second-order valence-corrected chi connectivity index (χ2v) is 7.10. The number of aryl methyl sites for hydroxylation is 1. The number of nitrogens with two attached hydrogens (primary N) is 1. The predicted octanol–water partition coefficient (Wildman–Crippen LogP) is 2.94. The Morgan fingerprint density at radius 1 is 1.46 bits per heavy atom. The summed E-state index contributed by atoms with van der Waals surface area (Å²) in [7, 11) is 0. The Kier molecular flexibility index (Phi) is 5.50. The van der Waals surface area contributed by atoms with Gasteiger partial charge in [0.2, 0.25) is 0 Å². The molecule has 132 valence electrons. The Hall–Kier alpha value is -1.66. The van der Waals surface area contributed by atoms with Crippen LogP contribution in [0.3, 0.4) is 0 Å². The van der Waals surface area contributed by atoms with Crippen molar-refractivity contribution in [3.8, 4) is 0 Å². The van der Waals surface area contributed by atoms with Gasteiger partial charge in [0.25, 0.3) is 11.6 Å². The summed E-state index contributed by atoms with van der Waals surface area (Å²) in [4.78, 5) is 17.2. The predicted molar refractivity (Wildman–Crippen MR) is 95.6 cm³/mol. The second kappa shape index (κ2) is 7.07. The third-order valence-electron chi connectivity index (χ3n) is 3.97. The largest absolute Gasteiger partial charge is 0.350 e. The first-order valence-corrected chi connectivity index (χ1v) is 8.25. The van der Waals surface area contributed by atoms with Gasteiger partial charge in [0.05, 0.1) is 16.6 Å². The zero-order chi connectivity index (χ0) is 16.6. The SMILES string of the molecule is CCCc1noc2nc(C3CC3)cc(C(=O)NCC(C)(C)N)c12.Cl. The molecule has 2 aromatic heterocycles. The van der Waals surface area contributed by atoms with Gasteiger partial charge >= 0.3 is 0 Å². The summed E-state index contributed by atoms with van der Waals surface area (Å²) < 4.78 is 5.39. The number of aromatic nitrogens is 2. The zero-order valence-electron chi connectivity index (χ0n) is 14.4. The fraction of sp³-hybridized carbons (Fsp3) is 0.588. The van der Waals surface area contributed by atoms with Gasteiger partial charge in [-0.2, -0.15) is 0 Å². The van der Waals surface area contributed by atoms with Crippen LogP contribution in [0.25, 0.3) is 11.1 Å². The summed E-state index contributed by atoms with van der Waals surface area (Å²) in [6, 6.07) is 1.90. The molecule has 1 aliphatic rings. The number of nitrogens with zero attached hydrogens (tertiary/aromatic N) is 2. The molecule has 0 bridgehead atoms. The number of rotatable bonds is 6. The zero-order valence-corrected chi connectivity index (χ0v) is 15.2. The third-order valence-corrected chi connectivity index (χ3v) is 3.97. The van der Waals surface area contributed by atoms with Crippen LogP contribution in [0.15, 0.2) is 10.6 Å². The quantitative estimate of drug-likeness (QED) is 0.833. The number of nitrogens with one attached hydrogen (secondary N) is 1. The first-order chi connectivity index (χ1) is 10.9. The van der Waals surface area contributed by atoms with Crippen molar-refractivity contribution in [3.63, 3.8) is 0 Å². The van der Waals surface area contributed by atoms with Gasteiger partial charge in [0.15, 0.2) is 0 Å². The number of carbonyl (C=O) groups is 1. The normalized spacial score (nSPS) is 14.5. The Morgan fingerprint density at radius 2 is 2.17 bits per heavy atom. The fourth-order valence-electron chi connectivity index (χ4n) is 2.61. The molecule has 24 heavy (non-hydrogen) atoms. The molecule has 0 saturated heterocycles. The van der Waals surface area contributed by atoms with Crippen molar-refractivity contribution < 1.29 is 9.32 Å². The van der Waals surface area contributed by atoms with E-state index in [2.05, 4.69) is 22.4 Å². The molecule has 6 nitrogen and oxygen atoms in total. The van der Waals surface area contributed by atoms with Gasteiger partial charge in [-0.15, -0.1) is 12.4 Å². The summed E-state index contributed by atoms with van der Waals surface area (Å²) in [5.74, 6) is 0.301. The fourth-order valence-corrected chi connectivity index (χ4v) is 2.61. The van der Waals surface area contributed by atoms with E-state index in [-0.39, 0.29) is 18.3 Å². The lowest BCUT2D eigenvalue weighted by atomic mass is 10.0. The van der Waals surface area contributed by atoms with Gasteiger partial charge in [-0.3, -0.25) is 4.79 Å². The lowest BCUT2D eigenvalue weighted by molar-refractivity contribution is 0.0947. The molecule has 7 heteroatoms. The Morgan fingerprint density at radius 3 is 2.75 bits per heavy atom. The number of carbonyl (C=O) groups excluding carboxylic acids is 1. The maximum absolute atomic E-state index is 12.7. The Balaban J connectivity index is 0.00000208. The van der Waals surface area contributed by atoms with Crippen molar-refractivity contribution in [1.82, 2.24) is 15.5 Å². The van der Waals surface area contributed by atoms with Crippen LogP contribution in [0.5, 0.6) is 0 Å². The molecule has 0 radical (unpaired) electrons. The van der Waals surface area contributed by atoms with E-state index in [4.69, 9.17) is 10.3 Å². The highest BCUT2D eigenvalue weighted by Gasteiger charge is 2.29. The van der Waals surface area contributed by atoms with E-state index in [9.17, 15) is 4.79 Å². The lowest BCUT2D eigenvalue weighted by Crippen LogP contribution is -2.45. The number of hydrogen-bond donors (Lipinski definition) is 2. The second-order valence-electron chi connectivity index (χ2n) is 7.10. The van der Waals surface area contributed by atoms with E-state index >= 15 is 0 Å². The molecule has 1 fully saturated rings. The van der Waals surface area contributed by atoms with Crippen molar-refractivity contribution in [2.45, 2.75) is 57.9 Å². The molecule has 2 aromatic rings. The van der Waals surface area contributed by atoms with Gasteiger partial charge in [-0.1, -0.05) is 18.5 Å². The van der Waals surface area contributed by atoms with Crippen LogP contribution in [0.4, 0.5) is 0 Å². The maximum Gasteiger partial charge on any atom is 0.259 e. The number of pyridine rings is 1. The summed E-state index contributed by atoms with van der Waals surface area (Å²) in [5.41, 5.74) is 8.30. The third kappa shape index (κ3) is 4.05. The van der Waals surface area contributed by atoms with E-state index in [1.165, 1.54) is 0 Å². The monoisotopic (exact) mass is 352 g/mol. The van der Waals surface area contributed by atoms with Gasteiger partial charge in [-0.05, 0) is 39.2 Å². The summed E-state index contributed by atoms with van der Waals surface area (Å²) >= 11 is 0. The van der Waals surface area contributed by atoms with Crippen molar-refractivity contribution in [3.05, 3.63) is 23.0 Å². The molecule has 2 heterocycles. The van der Waals surface area contributed by atoms with Crippen LogP contribution in [-0.4, -0.2) is 28.1 Å². The highest BCUT2D eigenvalue weighted by molar-refractivity contribution is 6.06. The summed E-state index contributed by atoms with van der Waals surface area (Å²) in [6.07, 6.45) is 3.93. The highest BCUT2D eigenvalue weighted by Crippen LogP contribution is 2.40.